The highest BCUT2D eigenvalue weighted by molar-refractivity contribution is 7.75. The summed E-state index contributed by atoms with van der Waals surface area (Å²) in [7, 11) is 0. The van der Waals surface area contributed by atoms with Gasteiger partial charge in [0.05, 0.1) is 18.8 Å². The van der Waals surface area contributed by atoms with Gasteiger partial charge >= 0.3 is 11.4 Å². The monoisotopic (exact) mass is 302 g/mol. The van der Waals surface area contributed by atoms with Gasteiger partial charge in [-0.25, -0.2) is 0 Å². The first-order valence-corrected chi connectivity index (χ1v) is 8.82. The second-order valence-electron chi connectivity index (χ2n) is 7.37. The van der Waals surface area contributed by atoms with E-state index < -0.39 is 11.4 Å². The topological polar surface area (TPSA) is 55.8 Å². The van der Waals surface area contributed by atoms with Crippen LogP contribution in [0.15, 0.2) is 0 Å². The van der Waals surface area contributed by atoms with Crippen LogP contribution in [0.25, 0.3) is 0 Å². The van der Waals surface area contributed by atoms with Crippen molar-refractivity contribution in [1.82, 2.24) is 0 Å². The zero-order chi connectivity index (χ0) is 14.5. The maximum atomic E-state index is 11.9. The Morgan fingerprint density at radius 3 is 2.70 bits per heavy atom. The van der Waals surface area contributed by atoms with E-state index in [1.165, 1.54) is 6.42 Å². The Bertz CT molecular complexity index is 401. The quantitative estimate of drug-likeness (QED) is 0.747. The van der Waals surface area contributed by atoms with Crippen LogP contribution in [0.1, 0.15) is 46.5 Å². The molecule has 3 aliphatic rings. The lowest BCUT2D eigenvalue weighted by atomic mass is 9.52. The van der Waals surface area contributed by atoms with Crippen LogP contribution < -0.4 is 0 Å². The molecule has 2 saturated carbocycles. The third-order valence-electron chi connectivity index (χ3n) is 6.16. The van der Waals surface area contributed by atoms with Gasteiger partial charge in [-0.15, -0.1) is 0 Å². The van der Waals surface area contributed by atoms with Crippen LogP contribution in [0.2, 0.25) is 0 Å². The van der Waals surface area contributed by atoms with Crippen molar-refractivity contribution in [3.8, 4) is 0 Å². The van der Waals surface area contributed by atoms with Crippen molar-refractivity contribution in [3.63, 3.8) is 0 Å². The van der Waals surface area contributed by atoms with Crippen LogP contribution in [-0.4, -0.2) is 28.1 Å². The molecule has 1 N–H and O–H groups in total. The molecule has 0 amide bonds. The maximum Gasteiger partial charge on any atom is 0.304 e. The third kappa shape index (κ3) is 2.36. The summed E-state index contributed by atoms with van der Waals surface area (Å²) in [6.45, 7) is 7.11. The SMILES string of the molecule is C[C@@H]1[C@@H]2[C@H]3O[S@@](=O)OC[C@@H](C)[C@@H]3CC[C@@]2(C)CC[C@@H]1O. The smallest absolute Gasteiger partial charge is 0.304 e. The average Bonchev–Trinajstić information content (AvgIpc) is 2.54. The summed E-state index contributed by atoms with van der Waals surface area (Å²) in [5.74, 6) is 1.23. The molecular formula is C15H26O4S. The molecule has 3 fully saturated rings. The average molecular weight is 302 g/mol. The maximum absolute atomic E-state index is 11.9. The third-order valence-corrected chi connectivity index (χ3v) is 6.87. The molecular weight excluding hydrogens is 276 g/mol. The number of hydrogen-bond acceptors (Lipinski definition) is 4. The molecule has 8 atom stereocenters. The van der Waals surface area contributed by atoms with E-state index in [2.05, 4.69) is 20.8 Å². The molecule has 5 heteroatoms. The molecule has 1 saturated heterocycles. The molecule has 0 unspecified atom stereocenters. The normalized spacial score (nSPS) is 56.5. The summed E-state index contributed by atoms with van der Waals surface area (Å²) in [4.78, 5) is 0. The Balaban J connectivity index is 1.94. The Kier molecular flexibility index (Phi) is 3.99. The Morgan fingerprint density at radius 2 is 1.95 bits per heavy atom. The van der Waals surface area contributed by atoms with Crippen molar-refractivity contribution in [1.29, 1.82) is 0 Å². The van der Waals surface area contributed by atoms with Gasteiger partial charge in [-0.05, 0) is 54.8 Å². The first-order chi connectivity index (χ1) is 9.42. The van der Waals surface area contributed by atoms with Gasteiger partial charge in [0.25, 0.3) is 0 Å². The predicted molar refractivity (Wildman–Crippen MR) is 76.9 cm³/mol. The van der Waals surface area contributed by atoms with Crippen molar-refractivity contribution >= 4 is 11.4 Å². The first-order valence-electron chi connectivity index (χ1n) is 7.82. The molecule has 0 bridgehead atoms. The van der Waals surface area contributed by atoms with Crippen LogP contribution in [0.5, 0.6) is 0 Å². The Labute approximate surface area is 124 Å². The van der Waals surface area contributed by atoms with Crippen LogP contribution in [-0.2, 0) is 19.7 Å². The number of aliphatic hydroxyl groups excluding tert-OH is 1. The van der Waals surface area contributed by atoms with E-state index in [0.717, 1.165) is 19.3 Å². The molecule has 116 valence electrons. The molecule has 0 radical (unpaired) electrons. The number of aliphatic hydroxyl groups is 1. The van der Waals surface area contributed by atoms with Gasteiger partial charge < -0.3 is 5.11 Å². The van der Waals surface area contributed by atoms with Crippen molar-refractivity contribution in [3.05, 3.63) is 0 Å². The zero-order valence-corrected chi connectivity index (χ0v) is 13.4. The number of hydrogen-bond donors (Lipinski definition) is 1. The lowest BCUT2D eigenvalue weighted by molar-refractivity contribution is -0.129. The van der Waals surface area contributed by atoms with Gasteiger partial charge in [0.2, 0.25) is 0 Å². The minimum atomic E-state index is -1.64. The fourth-order valence-corrected chi connectivity index (χ4v) is 5.67. The van der Waals surface area contributed by atoms with Crippen LogP contribution in [0.3, 0.4) is 0 Å². The highest BCUT2D eigenvalue weighted by Gasteiger charge is 2.55. The second kappa shape index (κ2) is 5.34. The molecule has 3 rings (SSSR count). The van der Waals surface area contributed by atoms with E-state index >= 15 is 0 Å². The highest BCUT2D eigenvalue weighted by atomic mass is 32.2. The molecule has 2 aliphatic carbocycles. The summed E-state index contributed by atoms with van der Waals surface area (Å²) in [5.41, 5.74) is 0.202. The fraction of sp³-hybridized carbons (Fsp3) is 1.00. The molecule has 4 nitrogen and oxygen atoms in total. The van der Waals surface area contributed by atoms with E-state index in [1.807, 2.05) is 0 Å². The van der Waals surface area contributed by atoms with Crippen molar-refractivity contribution in [2.75, 3.05) is 6.61 Å². The van der Waals surface area contributed by atoms with Gasteiger partial charge in [0, 0.05) is 0 Å². The molecule has 20 heavy (non-hydrogen) atoms. The van der Waals surface area contributed by atoms with Crippen LogP contribution in [0.4, 0.5) is 0 Å². The van der Waals surface area contributed by atoms with E-state index in [-0.39, 0.29) is 29.5 Å². The van der Waals surface area contributed by atoms with Gasteiger partial charge in [0.1, 0.15) is 0 Å². The van der Waals surface area contributed by atoms with E-state index in [9.17, 15) is 9.32 Å². The van der Waals surface area contributed by atoms with Crippen molar-refractivity contribution in [2.24, 2.45) is 29.1 Å². The number of rotatable bonds is 0. The van der Waals surface area contributed by atoms with E-state index in [4.69, 9.17) is 8.37 Å². The van der Waals surface area contributed by atoms with E-state index in [0.29, 0.717) is 18.4 Å². The largest absolute Gasteiger partial charge is 0.393 e. The van der Waals surface area contributed by atoms with Crippen LogP contribution >= 0.6 is 0 Å². The zero-order valence-electron chi connectivity index (χ0n) is 12.6. The summed E-state index contributed by atoms with van der Waals surface area (Å²) in [6, 6.07) is 0. The standard InChI is InChI=1S/C15H26O4S/c1-9-8-18-20(17)19-14-11(9)4-6-15(3)7-5-12(16)10(2)13(14)15/h9-14,16H,4-8H2,1-3H3/t9-,10+,11+,12+,13-,14+,15+,20+/m1/s1. The first kappa shape index (κ1) is 14.9. The fourth-order valence-electron chi connectivity index (χ4n) is 4.84. The minimum Gasteiger partial charge on any atom is -0.393 e. The highest BCUT2D eigenvalue weighted by Crippen LogP contribution is 2.56. The molecule has 0 aromatic heterocycles. The van der Waals surface area contributed by atoms with E-state index in [1.54, 1.807) is 0 Å². The Morgan fingerprint density at radius 1 is 1.25 bits per heavy atom. The molecule has 1 heterocycles. The van der Waals surface area contributed by atoms with Gasteiger partial charge in [0.15, 0.2) is 0 Å². The van der Waals surface area contributed by atoms with Crippen LogP contribution in [0, 0.1) is 29.1 Å². The molecule has 0 aromatic carbocycles. The van der Waals surface area contributed by atoms with Crippen molar-refractivity contribution in [2.45, 2.75) is 58.7 Å². The van der Waals surface area contributed by atoms with Crippen molar-refractivity contribution < 1.29 is 17.7 Å². The predicted octanol–water partition coefficient (Wildman–Crippen LogP) is 2.44. The Hall–Kier alpha value is 0.0300. The lowest BCUT2D eigenvalue weighted by Gasteiger charge is -2.55. The van der Waals surface area contributed by atoms with Gasteiger partial charge in [-0.1, -0.05) is 20.8 Å². The molecule has 0 aromatic rings. The number of fused-ring (bicyclic) bond motifs is 3. The summed E-state index contributed by atoms with van der Waals surface area (Å²) < 4.78 is 22.9. The summed E-state index contributed by atoms with van der Waals surface area (Å²) >= 11 is -1.64. The lowest BCUT2D eigenvalue weighted by Crippen LogP contribution is -2.55. The van der Waals surface area contributed by atoms with Gasteiger partial charge in [-0.3, -0.25) is 8.37 Å². The molecule has 1 aliphatic heterocycles. The van der Waals surface area contributed by atoms with Gasteiger partial charge in [-0.2, -0.15) is 4.21 Å². The summed E-state index contributed by atoms with van der Waals surface area (Å²) in [6.07, 6.45) is 3.90. The minimum absolute atomic E-state index is 0.0444. The second-order valence-corrected chi connectivity index (χ2v) is 8.21. The summed E-state index contributed by atoms with van der Waals surface area (Å²) in [5, 5.41) is 10.3. The molecule has 0 spiro atoms.